The number of thiocarbonyl (C=S) groups is 1. The van der Waals surface area contributed by atoms with Gasteiger partial charge in [0.05, 0.1) is 0 Å². The van der Waals surface area contributed by atoms with Gasteiger partial charge in [-0.15, -0.1) is 11.8 Å². The summed E-state index contributed by atoms with van der Waals surface area (Å²) < 4.78 is 5.55. The summed E-state index contributed by atoms with van der Waals surface area (Å²) in [4.78, 5) is 16.5. The number of unbranched alkanes of at least 4 members (excludes halogenated alkanes) is 1. The number of rotatable bonds is 10. The molecular weight excluding hydrogens is 399 g/mol. The first-order valence-electron chi connectivity index (χ1n) is 7.69. The predicted octanol–water partition coefficient (Wildman–Crippen LogP) is 5.70. The minimum Gasteiger partial charge on any atom is -0.464 e. The molecule has 0 aliphatic rings. The van der Waals surface area contributed by atoms with Gasteiger partial charge in [-0.1, -0.05) is 54.2 Å². The van der Waals surface area contributed by atoms with Crippen LogP contribution in [0.15, 0.2) is 29.4 Å². The second-order valence-corrected chi connectivity index (χ2v) is 11.6. The van der Waals surface area contributed by atoms with E-state index in [2.05, 4.69) is 11.9 Å². The lowest BCUT2D eigenvalue weighted by atomic mass is 10.2. The van der Waals surface area contributed by atoms with Crippen LogP contribution in [0.5, 0.6) is 0 Å². The van der Waals surface area contributed by atoms with Crippen molar-refractivity contribution < 1.29 is 9.53 Å². The number of ether oxygens (including phenoxy) is 1. The molecule has 0 N–H and O–H groups in total. The van der Waals surface area contributed by atoms with E-state index in [1.807, 2.05) is 32.0 Å². The Morgan fingerprint density at radius 2 is 2.12 bits per heavy atom. The van der Waals surface area contributed by atoms with Crippen LogP contribution in [-0.4, -0.2) is 37.3 Å². The van der Waals surface area contributed by atoms with Crippen LogP contribution >= 0.6 is 57.3 Å². The zero-order valence-corrected chi connectivity index (χ0v) is 18.2. The number of nitrogens with zero attached hydrogens (tertiary/aromatic N) is 1. The fourth-order valence-corrected chi connectivity index (χ4v) is 6.27. The highest BCUT2D eigenvalue weighted by molar-refractivity contribution is 8.76. The van der Waals surface area contributed by atoms with Crippen molar-refractivity contribution in [3.8, 4) is 0 Å². The van der Waals surface area contributed by atoms with Gasteiger partial charge in [-0.3, -0.25) is 4.79 Å². The van der Waals surface area contributed by atoms with Crippen LogP contribution in [0.2, 0.25) is 0 Å². The third-order valence-electron chi connectivity index (χ3n) is 2.73. The summed E-state index contributed by atoms with van der Waals surface area (Å²) in [5, 5.41) is 0.958. The van der Waals surface area contributed by atoms with Crippen LogP contribution < -0.4 is 0 Å². The largest absolute Gasteiger partial charge is 0.464 e. The number of pyridine rings is 1. The standard InChI is InChI=1S/C16H23NO2S5/c1-4-5-11-21-15(20)23-16(2,3)14(18)19-10-12-22-24-13-8-6-7-9-17-13/h6-9H,4-5,10-12H2,1-3H3. The summed E-state index contributed by atoms with van der Waals surface area (Å²) in [5.74, 6) is 1.52. The van der Waals surface area contributed by atoms with Crippen molar-refractivity contribution in [2.24, 2.45) is 0 Å². The van der Waals surface area contributed by atoms with Crippen LogP contribution in [0.3, 0.4) is 0 Å². The number of carbonyl (C=O) groups excluding carboxylic acids is 1. The molecule has 24 heavy (non-hydrogen) atoms. The molecule has 0 unspecified atom stereocenters. The molecule has 1 rings (SSSR count). The van der Waals surface area contributed by atoms with E-state index < -0.39 is 4.75 Å². The molecule has 0 saturated carbocycles. The first-order chi connectivity index (χ1) is 11.5. The zero-order valence-electron chi connectivity index (χ0n) is 14.1. The van der Waals surface area contributed by atoms with Crippen molar-refractivity contribution in [3.05, 3.63) is 24.4 Å². The smallest absolute Gasteiger partial charge is 0.322 e. The maximum absolute atomic E-state index is 12.2. The van der Waals surface area contributed by atoms with Gasteiger partial charge in [-0.25, -0.2) is 4.98 Å². The van der Waals surface area contributed by atoms with E-state index in [4.69, 9.17) is 17.0 Å². The van der Waals surface area contributed by atoms with Gasteiger partial charge in [0, 0.05) is 11.9 Å². The molecule has 0 aromatic carbocycles. The van der Waals surface area contributed by atoms with Crippen LogP contribution in [-0.2, 0) is 9.53 Å². The molecule has 8 heteroatoms. The van der Waals surface area contributed by atoms with Crippen LogP contribution in [0.25, 0.3) is 0 Å². The van der Waals surface area contributed by atoms with Gasteiger partial charge in [0.1, 0.15) is 19.9 Å². The average Bonchev–Trinajstić information content (AvgIpc) is 2.55. The number of carbonyl (C=O) groups is 1. The number of thioether (sulfide) groups is 2. The van der Waals surface area contributed by atoms with Crippen molar-refractivity contribution in [1.29, 1.82) is 0 Å². The van der Waals surface area contributed by atoms with Crippen molar-refractivity contribution in [1.82, 2.24) is 4.98 Å². The molecule has 0 radical (unpaired) electrons. The molecule has 1 heterocycles. The Hall–Kier alpha value is 0.110. The zero-order chi connectivity index (χ0) is 17.8. The Balaban J connectivity index is 2.21. The van der Waals surface area contributed by atoms with Gasteiger partial charge in [0.2, 0.25) is 0 Å². The molecule has 3 nitrogen and oxygen atoms in total. The number of hydrogen-bond acceptors (Lipinski definition) is 8. The Labute approximate surface area is 166 Å². The lowest BCUT2D eigenvalue weighted by Gasteiger charge is -2.21. The SMILES string of the molecule is CCCCSC(=S)SC(C)(C)C(=O)OCCSSc1ccccn1. The normalized spacial score (nSPS) is 11.3. The summed E-state index contributed by atoms with van der Waals surface area (Å²) in [7, 11) is 3.21. The van der Waals surface area contributed by atoms with Crippen molar-refractivity contribution in [2.45, 2.75) is 43.4 Å². The molecule has 0 atom stereocenters. The Morgan fingerprint density at radius 1 is 1.33 bits per heavy atom. The molecule has 0 aliphatic heterocycles. The molecule has 0 fully saturated rings. The van der Waals surface area contributed by atoms with Gasteiger partial charge >= 0.3 is 5.97 Å². The third-order valence-corrected chi connectivity index (χ3v) is 7.74. The topological polar surface area (TPSA) is 39.2 Å². The summed E-state index contributed by atoms with van der Waals surface area (Å²) >= 11 is 8.41. The van der Waals surface area contributed by atoms with E-state index in [9.17, 15) is 4.79 Å². The third kappa shape index (κ3) is 9.56. The fourth-order valence-electron chi connectivity index (χ4n) is 1.42. The maximum Gasteiger partial charge on any atom is 0.322 e. The van der Waals surface area contributed by atoms with Gasteiger partial charge in [-0.05, 0) is 48.9 Å². The molecule has 1 aromatic rings. The first kappa shape index (κ1) is 22.2. The lowest BCUT2D eigenvalue weighted by Crippen LogP contribution is -2.31. The van der Waals surface area contributed by atoms with Gasteiger partial charge in [-0.2, -0.15) is 0 Å². The molecule has 0 bridgehead atoms. The van der Waals surface area contributed by atoms with Crippen LogP contribution in [0, 0.1) is 0 Å². The predicted molar refractivity (Wildman–Crippen MR) is 115 cm³/mol. The first-order valence-corrected chi connectivity index (χ1v) is 12.2. The molecule has 0 amide bonds. The monoisotopic (exact) mass is 421 g/mol. The van der Waals surface area contributed by atoms with E-state index in [-0.39, 0.29) is 5.97 Å². The summed E-state index contributed by atoms with van der Waals surface area (Å²) in [6, 6.07) is 5.80. The molecule has 0 aliphatic carbocycles. The van der Waals surface area contributed by atoms with Gasteiger partial charge < -0.3 is 4.74 Å². The summed E-state index contributed by atoms with van der Waals surface area (Å²) in [5.41, 5.74) is 0. The second kappa shape index (κ2) is 12.5. The van der Waals surface area contributed by atoms with E-state index in [1.165, 1.54) is 11.8 Å². The highest BCUT2D eigenvalue weighted by Gasteiger charge is 2.31. The second-order valence-electron chi connectivity index (χ2n) is 5.27. The highest BCUT2D eigenvalue weighted by atomic mass is 33.1. The molecule has 0 saturated heterocycles. The van der Waals surface area contributed by atoms with Crippen molar-refractivity contribution in [2.75, 3.05) is 18.1 Å². The number of hydrogen-bond donors (Lipinski definition) is 0. The van der Waals surface area contributed by atoms with Gasteiger partial charge in [0.15, 0.2) is 0 Å². The van der Waals surface area contributed by atoms with Crippen molar-refractivity contribution >= 4 is 66.8 Å². The molecule has 1 aromatic heterocycles. The highest BCUT2D eigenvalue weighted by Crippen LogP contribution is 2.33. The van der Waals surface area contributed by atoms with Crippen LogP contribution in [0.1, 0.15) is 33.6 Å². The quantitative estimate of drug-likeness (QED) is 0.206. The summed E-state index contributed by atoms with van der Waals surface area (Å²) in [6.07, 6.45) is 4.06. The minimum atomic E-state index is -0.644. The van der Waals surface area contributed by atoms with E-state index in [0.29, 0.717) is 6.61 Å². The van der Waals surface area contributed by atoms with E-state index in [1.54, 1.807) is 39.5 Å². The van der Waals surface area contributed by atoms with E-state index >= 15 is 0 Å². The minimum absolute atomic E-state index is 0.214. The lowest BCUT2D eigenvalue weighted by molar-refractivity contribution is -0.144. The number of esters is 1. The van der Waals surface area contributed by atoms with E-state index in [0.717, 1.165) is 32.9 Å². The summed E-state index contributed by atoms with van der Waals surface area (Å²) in [6.45, 7) is 6.27. The average molecular weight is 422 g/mol. The van der Waals surface area contributed by atoms with Gasteiger partial charge in [0.25, 0.3) is 0 Å². The maximum atomic E-state index is 12.2. The molecule has 134 valence electrons. The fraction of sp³-hybridized carbons (Fsp3) is 0.562. The number of aromatic nitrogens is 1. The Bertz CT molecular complexity index is 510. The van der Waals surface area contributed by atoms with Crippen LogP contribution in [0.4, 0.5) is 0 Å². The molecule has 0 spiro atoms. The Morgan fingerprint density at radius 3 is 2.79 bits per heavy atom. The van der Waals surface area contributed by atoms with Crippen molar-refractivity contribution in [3.63, 3.8) is 0 Å². The molecular formula is C16H23NO2S5. The Kier molecular flexibility index (Phi) is 11.5.